The standard InChI is InChI=1S/C9H14N2OS/c1-6(7(2)10)9(12)11-8-3-4-13-5-8/h3-7H,10H2,1-2H3,(H,11,12). The molecule has 3 N–H and O–H groups in total. The zero-order chi connectivity index (χ0) is 9.84. The highest BCUT2D eigenvalue weighted by Gasteiger charge is 2.16. The smallest absolute Gasteiger partial charge is 0.228 e. The quantitative estimate of drug-likeness (QED) is 0.776. The van der Waals surface area contributed by atoms with Gasteiger partial charge in [0.25, 0.3) is 0 Å². The van der Waals surface area contributed by atoms with Gasteiger partial charge in [0.1, 0.15) is 0 Å². The molecule has 1 amide bonds. The normalized spacial score (nSPS) is 15.0. The highest BCUT2D eigenvalue weighted by atomic mass is 32.1. The third-order valence-corrected chi connectivity index (χ3v) is 2.67. The van der Waals surface area contributed by atoms with Crippen LogP contribution in [-0.4, -0.2) is 11.9 Å². The molecule has 0 saturated heterocycles. The molecular weight excluding hydrogens is 184 g/mol. The molecule has 0 aliphatic heterocycles. The second-order valence-electron chi connectivity index (χ2n) is 3.15. The van der Waals surface area contributed by atoms with Crippen molar-refractivity contribution in [3.63, 3.8) is 0 Å². The summed E-state index contributed by atoms with van der Waals surface area (Å²) in [5.74, 6) is -0.173. The zero-order valence-corrected chi connectivity index (χ0v) is 8.60. The van der Waals surface area contributed by atoms with E-state index in [4.69, 9.17) is 5.73 Å². The van der Waals surface area contributed by atoms with Gasteiger partial charge in [-0.2, -0.15) is 11.3 Å². The minimum atomic E-state index is -0.153. The van der Waals surface area contributed by atoms with Crippen LogP contribution in [0.1, 0.15) is 13.8 Å². The van der Waals surface area contributed by atoms with Gasteiger partial charge in [-0.3, -0.25) is 4.79 Å². The van der Waals surface area contributed by atoms with E-state index < -0.39 is 0 Å². The van der Waals surface area contributed by atoms with Crippen LogP contribution in [0.3, 0.4) is 0 Å². The number of rotatable bonds is 3. The van der Waals surface area contributed by atoms with Crippen LogP contribution < -0.4 is 11.1 Å². The van der Waals surface area contributed by atoms with Crippen LogP contribution >= 0.6 is 11.3 Å². The van der Waals surface area contributed by atoms with E-state index in [1.54, 1.807) is 11.3 Å². The first-order chi connectivity index (χ1) is 6.11. The Morgan fingerprint density at radius 2 is 2.31 bits per heavy atom. The van der Waals surface area contributed by atoms with Gasteiger partial charge in [-0.05, 0) is 18.4 Å². The molecule has 1 aromatic heterocycles. The minimum Gasteiger partial charge on any atom is -0.327 e. The Morgan fingerprint density at radius 3 is 2.77 bits per heavy atom. The maximum absolute atomic E-state index is 11.5. The van der Waals surface area contributed by atoms with Crippen molar-refractivity contribution in [2.45, 2.75) is 19.9 Å². The molecule has 0 bridgehead atoms. The molecule has 2 unspecified atom stereocenters. The highest BCUT2D eigenvalue weighted by molar-refractivity contribution is 7.08. The number of hydrogen-bond donors (Lipinski definition) is 2. The molecule has 3 nitrogen and oxygen atoms in total. The van der Waals surface area contributed by atoms with Crippen molar-refractivity contribution in [3.8, 4) is 0 Å². The number of carbonyl (C=O) groups excluding carboxylic acids is 1. The number of amides is 1. The Hall–Kier alpha value is -0.870. The molecule has 72 valence electrons. The fourth-order valence-corrected chi connectivity index (χ4v) is 1.42. The van der Waals surface area contributed by atoms with Gasteiger partial charge >= 0.3 is 0 Å². The second-order valence-corrected chi connectivity index (χ2v) is 3.93. The summed E-state index contributed by atoms with van der Waals surface area (Å²) in [6.07, 6.45) is 0. The van der Waals surface area contributed by atoms with Crippen LogP contribution in [0.5, 0.6) is 0 Å². The predicted octanol–water partition coefficient (Wildman–Crippen LogP) is 1.67. The first kappa shape index (κ1) is 10.2. The molecule has 0 radical (unpaired) electrons. The first-order valence-electron chi connectivity index (χ1n) is 4.20. The van der Waals surface area contributed by atoms with Crippen molar-refractivity contribution in [3.05, 3.63) is 16.8 Å². The van der Waals surface area contributed by atoms with Gasteiger partial charge in [-0.25, -0.2) is 0 Å². The number of anilines is 1. The van der Waals surface area contributed by atoms with E-state index in [2.05, 4.69) is 5.32 Å². The topological polar surface area (TPSA) is 55.1 Å². The summed E-state index contributed by atoms with van der Waals surface area (Å²) in [6.45, 7) is 3.66. The lowest BCUT2D eigenvalue weighted by atomic mass is 10.0. The predicted molar refractivity (Wildman–Crippen MR) is 55.8 cm³/mol. The SMILES string of the molecule is CC(N)C(C)C(=O)Nc1ccsc1. The molecule has 1 rings (SSSR count). The molecule has 0 fully saturated rings. The number of thiophene rings is 1. The molecule has 0 spiro atoms. The van der Waals surface area contributed by atoms with Crippen molar-refractivity contribution in [2.24, 2.45) is 11.7 Å². The Kier molecular flexibility index (Phi) is 3.45. The highest BCUT2D eigenvalue weighted by Crippen LogP contribution is 2.13. The summed E-state index contributed by atoms with van der Waals surface area (Å²) >= 11 is 1.56. The Balaban J connectivity index is 2.51. The molecule has 0 saturated carbocycles. The van der Waals surface area contributed by atoms with Crippen molar-refractivity contribution >= 4 is 22.9 Å². The summed E-state index contributed by atoms with van der Waals surface area (Å²) in [4.78, 5) is 11.5. The molecular formula is C9H14N2OS. The van der Waals surface area contributed by atoms with Crippen LogP contribution in [0.25, 0.3) is 0 Å². The van der Waals surface area contributed by atoms with Crippen molar-refractivity contribution in [2.75, 3.05) is 5.32 Å². The Bertz CT molecular complexity index is 269. The first-order valence-corrected chi connectivity index (χ1v) is 5.14. The van der Waals surface area contributed by atoms with Gasteiger partial charge in [0.15, 0.2) is 0 Å². The van der Waals surface area contributed by atoms with Gasteiger partial charge in [0.05, 0.1) is 11.6 Å². The molecule has 13 heavy (non-hydrogen) atoms. The molecule has 0 aliphatic rings. The van der Waals surface area contributed by atoms with Gasteiger partial charge < -0.3 is 11.1 Å². The van der Waals surface area contributed by atoms with E-state index in [9.17, 15) is 4.79 Å². The summed E-state index contributed by atoms with van der Waals surface area (Å²) in [7, 11) is 0. The fourth-order valence-electron chi connectivity index (χ4n) is 0.830. The van der Waals surface area contributed by atoms with E-state index in [1.165, 1.54) is 0 Å². The van der Waals surface area contributed by atoms with Crippen LogP contribution in [0.4, 0.5) is 5.69 Å². The number of nitrogens with one attached hydrogen (secondary N) is 1. The van der Waals surface area contributed by atoms with E-state index >= 15 is 0 Å². The summed E-state index contributed by atoms with van der Waals surface area (Å²) in [6, 6.07) is 1.76. The van der Waals surface area contributed by atoms with E-state index in [1.807, 2.05) is 30.7 Å². The minimum absolute atomic E-state index is 0.0200. The fraction of sp³-hybridized carbons (Fsp3) is 0.444. The van der Waals surface area contributed by atoms with E-state index in [-0.39, 0.29) is 17.9 Å². The van der Waals surface area contributed by atoms with Crippen LogP contribution in [-0.2, 0) is 4.79 Å². The lowest BCUT2D eigenvalue weighted by Gasteiger charge is -2.14. The molecule has 1 aromatic rings. The molecule has 4 heteroatoms. The average Bonchev–Trinajstić information content (AvgIpc) is 2.55. The van der Waals surface area contributed by atoms with Gasteiger partial charge in [0.2, 0.25) is 5.91 Å². The molecule has 0 aromatic carbocycles. The average molecular weight is 198 g/mol. The van der Waals surface area contributed by atoms with Crippen LogP contribution in [0.2, 0.25) is 0 Å². The van der Waals surface area contributed by atoms with E-state index in [0.717, 1.165) is 5.69 Å². The number of hydrogen-bond acceptors (Lipinski definition) is 3. The van der Waals surface area contributed by atoms with Crippen LogP contribution in [0, 0.1) is 5.92 Å². The van der Waals surface area contributed by atoms with Crippen molar-refractivity contribution < 1.29 is 4.79 Å². The van der Waals surface area contributed by atoms with E-state index in [0.29, 0.717) is 0 Å². The van der Waals surface area contributed by atoms with Crippen molar-refractivity contribution in [1.82, 2.24) is 0 Å². The molecule has 0 aliphatic carbocycles. The maximum Gasteiger partial charge on any atom is 0.228 e. The number of carbonyl (C=O) groups is 1. The lowest BCUT2D eigenvalue weighted by molar-refractivity contribution is -0.119. The third kappa shape index (κ3) is 2.82. The van der Waals surface area contributed by atoms with Crippen LogP contribution in [0.15, 0.2) is 16.8 Å². The second kappa shape index (κ2) is 4.39. The largest absolute Gasteiger partial charge is 0.327 e. The van der Waals surface area contributed by atoms with Gasteiger partial charge in [-0.1, -0.05) is 6.92 Å². The molecule has 1 heterocycles. The van der Waals surface area contributed by atoms with Gasteiger partial charge in [0, 0.05) is 11.4 Å². The monoisotopic (exact) mass is 198 g/mol. The van der Waals surface area contributed by atoms with Crippen molar-refractivity contribution in [1.29, 1.82) is 0 Å². The molecule has 2 atom stereocenters. The summed E-state index contributed by atoms with van der Waals surface area (Å²) in [5.41, 5.74) is 6.46. The summed E-state index contributed by atoms with van der Waals surface area (Å²) < 4.78 is 0. The maximum atomic E-state index is 11.5. The van der Waals surface area contributed by atoms with Gasteiger partial charge in [-0.15, -0.1) is 0 Å². The zero-order valence-electron chi connectivity index (χ0n) is 7.78. The summed E-state index contributed by atoms with van der Waals surface area (Å²) in [5, 5.41) is 6.61. The third-order valence-electron chi connectivity index (χ3n) is 1.99. The Morgan fingerprint density at radius 1 is 1.62 bits per heavy atom. The lowest BCUT2D eigenvalue weighted by Crippen LogP contribution is -2.34. The number of nitrogens with two attached hydrogens (primary N) is 1. The Labute approximate surface area is 81.9 Å².